The van der Waals surface area contributed by atoms with Gasteiger partial charge in [0.05, 0.1) is 16.9 Å². The molecule has 0 aromatic carbocycles. The minimum atomic E-state index is -0.964. The van der Waals surface area contributed by atoms with Crippen LogP contribution in [-0.4, -0.2) is 26.5 Å². The van der Waals surface area contributed by atoms with Crippen LogP contribution in [0.5, 0.6) is 0 Å². The number of nitrogens with zero attached hydrogens (tertiary/aromatic N) is 3. The fourth-order valence-electron chi connectivity index (χ4n) is 2.24. The van der Waals surface area contributed by atoms with Crippen molar-refractivity contribution in [1.82, 2.24) is 4.98 Å². The van der Waals surface area contributed by atoms with Crippen molar-refractivity contribution >= 4 is 17.5 Å². The van der Waals surface area contributed by atoms with Crippen LogP contribution in [0.25, 0.3) is 0 Å². The molecule has 8 nitrogen and oxygen atoms in total. The topological polar surface area (TPSA) is 129 Å². The van der Waals surface area contributed by atoms with Crippen molar-refractivity contribution in [1.29, 1.82) is 5.26 Å². The first-order valence-electron chi connectivity index (χ1n) is 6.00. The Morgan fingerprint density at radius 1 is 1.65 bits per heavy atom. The molecule has 1 aliphatic rings. The number of hydrogen-bond acceptors (Lipinski definition) is 6. The molecule has 0 bridgehead atoms. The van der Waals surface area contributed by atoms with E-state index < -0.39 is 16.4 Å². The van der Waals surface area contributed by atoms with E-state index in [0.717, 1.165) is 12.5 Å². The van der Waals surface area contributed by atoms with Crippen LogP contribution in [0.15, 0.2) is 12.3 Å². The number of rotatable bonds is 5. The van der Waals surface area contributed by atoms with Gasteiger partial charge in [-0.3, -0.25) is 14.9 Å². The van der Waals surface area contributed by atoms with Crippen molar-refractivity contribution in [2.45, 2.75) is 31.2 Å². The largest absolute Gasteiger partial charge is 0.481 e. The molecular weight excluding hydrogens is 264 g/mol. The molecule has 1 aromatic rings. The molecule has 1 aliphatic carbocycles. The molecule has 2 rings (SSSR count). The number of nitriles is 1. The Morgan fingerprint density at radius 3 is 2.80 bits per heavy atom. The summed E-state index contributed by atoms with van der Waals surface area (Å²) in [5, 5.41) is 31.5. The van der Waals surface area contributed by atoms with Gasteiger partial charge < -0.3 is 10.4 Å². The van der Waals surface area contributed by atoms with Gasteiger partial charge in [0.1, 0.15) is 6.07 Å². The summed E-state index contributed by atoms with van der Waals surface area (Å²) in [7, 11) is 0. The van der Waals surface area contributed by atoms with Gasteiger partial charge in [-0.25, -0.2) is 4.98 Å². The van der Waals surface area contributed by atoms with E-state index in [4.69, 9.17) is 10.4 Å². The summed E-state index contributed by atoms with van der Waals surface area (Å²) in [6.07, 6.45) is 3.22. The normalized spacial score (nSPS) is 15.8. The molecule has 0 radical (unpaired) electrons. The monoisotopic (exact) mass is 276 g/mol. The maximum Gasteiger partial charge on any atom is 0.312 e. The highest BCUT2D eigenvalue weighted by Gasteiger charge is 2.40. The van der Waals surface area contributed by atoms with Crippen molar-refractivity contribution in [2.75, 3.05) is 5.32 Å². The molecule has 1 aromatic heterocycles. The number of nitrogens with one attached hydrogen (secondary N) is 1. The van der Waals surface area contributed by atoms with E-state index in [2.05, 4.69) is 10.3 Å². The second-order valence-electron chi connectivity index (χ2n) is 4.79. The average molecular weight is 276 g/mol. The molecule has 20 heavy (non-hydrogen) atoms. The summed E-state index contributed by atoms with van der Waals surface area (Å²) in [5.74, 6) is -0.955. The number of hydrogen-bond donors (Lipinski definition) is 2. The summed E-state index contributed by atoms with van der Waals surface area (Å²) in [5.41, 5.74) is -0.915. The van der Waals surface area contributed by atoms with Crippen LogP contribution >= 0.6 is 0 Å². The lowest BCUT2D eigenvalue weighted by molar-refractivity contribution is -0.384. The van der Waals surface area contributed by atoms with Gasteiger partial charge in [0.15, 0.2) is 0 Å². The number of aromatic nitrogens is 1. The molecule has 0 saturated heterocycles. The van der Waals surface area contributed by atoms with Gasteiger partial charge in [0.2, 0.25) is 5.82 Å². The SMILES string of the molecule is N#Cc1cnc(NC2(CC(=O)O)CCC2)c([N+](=O)[O-])c1. The summed E-state index contributed by atoms with van der Waals surface area (Å²) >= 11 is 0. The number of aliphatic carboxylic acids is 1. The fourth-order valence-corrected chi connectivity index (χ4v) is 2.24. The summed E-state index contributed by atoms with van der Waals surface area (Å²) < 4.78 is 0. The van der Waals surface area contributed by atoms with Gasteiger partial charge >= 0.3 is 11.7 Å². The Hall–Kier alpha value is -2.69. The Kier molecular flexibility index (Phi) is 3.52. The summed E-state index contributed by atoms with van der Waals surface area (Å²) in [6.45, 7) is 0. The van der Waals surface area contributed by atoms with Crippen LogP contribution in [0.2, 0.25) is 0 Å². The third-order valence-corrected chi connectivity index (χ3v) is 3.38. The van der Waals surface area contributed by atoms with E-state index in [1.165, 1.54) is 6.20 Å². The van der Waals surface area contributed by atoms with Gasteiger partial charge in [-0.1, -0.05) is 0 Å². The van der Waals surface area contributed by atoms with Crippen molar-refractivity contribution in [3.8, 4) is 6.07 Å². The smallest absolute Gasteiger partial charge is 0.312 e. The average Bonchev–Trinajstić information content (AvgIpc) is 2.35. The molecule has 2 N–H and O–H groups in total. The third kappa shape index (κ3) is 2.66. The molecule has 104 valence electrons. The van der Waals surface area contributed by atoms with Crippen LogP contribution in [-0.2, 0) is 4.79 Å². The van der Waals surface area contributed by atoms with E-state index in [9.17, 15) is 14.9 Å². The molecule has 1 fully saturated rings. The second kappa shape index (κ2) is 5.13. The molecule has 8 heteroatoms. The zero-order valence-corrected chi connectivity index (χ0v) is 10.5. The first kappa shape index (κ1) is 13.7. The number of anilines is 1. The molecule has 0 spiro atoms. The van der Waals surface area contributed by atoms with Crippen molar-refractivity contribution in [3.63, 3.8) is 0 Å². The van der Waals surface area contributed by atoms with Crippen LogP contribution in [0.4, 0.5) is 11.5 Å². The predicted octanol–water partition coefficient (Wildman–Crippen LogP) is 1.67. The lowest BCUT2D eigenvalue weighted by Crippen LogP contribution is -2.47. The Morgan fingerprint density at radius 2 is 2.35 bits per heavy atom. The van der Waals surface area contributed by atoms with E-state index in [0.29, 0.717) is 12.8 Å². The molecule has 1 heterocycles. The molecule has 0 atom stereocenters. The molecule has 0 unspecified atom stereocenters. The Balaban J connectivity index is 2.31. The summed E-state index contributed by atoms with van der Waals surface area (Å²) in [4.78, 5) is 25.1. The Labute approximate surface area is 114 Å². The first-order chi connectivity index (χ1) is 9.46. The number of carboxylic acid groups (broad SMARTS) is 1. The van der Waals surface area contributed by atoms with Gasteiger partial charge in [0.25, 0.3) is 0 Å². The van der Waals surface area contributed by atoms with Gasteiger partial charge in [-0.15, -0.1) is 0 Å². The third-order valence-electron chi connectivity index (χ3n) is 3.38. The van der Waals surface area contributed by atoms with Crippen LogP contribution in [0.1, 0.15) is 31.2 Å². The lowest BCUT2D eigenvalue weighted by atomic mass is 9.74. The van der Waals surface area contributed by atoms with Crippen molar-refractivity contribution in [2.24, 2.45) is 0 Å². The zero-order valence-electron chi connectivity index (χ0n) is 10.5. The molecule has 0 amide bonds. The second-order valence-corrected chi connectivity index (χ2v) is 4.79. The fraction of sp³-hybridized carbons (Fsp3) is 0.417. The molecular formula is C12H12N4O4. The minimum Gasteiger partial charge on any atom is -0.481 e. The lowest BCUT2D eigenvalue weighted by Gasteiger charge is -2.41. The molecule has 0 aliphatic heterocycles. The quantitative estimate of drug-likeness (QED) is 0.618. The van der Waals surface area contributed by atoms with Crippen LogP contribution < -0.4 is 5.32 Å². The number of pyridine rings is 1. The highest BCUT2D eigenvalue weighted by Crippen LogP contribution is 2.39. The van der Waals surface area contributed by atoms with E-state index >= 15 is 0 Å². The van der Waals surface area contributed by atoms with E-state index in [1.54, 1.807) is 6.07 Å². The maximum absolute atomic E-state index is 11.0. The zero-order chi connectivity index (χ0) is 14.8. The minimum absolute atomic E-state index is 0.00921. The highest BCUT2D eigenvalue weighted by atomic mass is 16.6. The first-order valence-corrected chi connectivity index (χ1v) is 6.00. The van der Waals surface area contributed by atoms with Gasteiger partial charge in [-0.2, -0.15) is 5.26 Å². The predicted molar refractivity (Wildman–Crippen MR) is 68.1 cm³/mol. The highest BCUT2D eigenvalue weighted by molar-refractivity contribution is 5.70. The standard InChI is InChI=1S/C12H12N4O4/c13-6-8-4-9(16(19)20)11(14-7-8)15-12(2-1-3-12)5-10(17)18/h4,7H,1-3,5H2,(H,14,15)(H,17,18). The van der Waals surface area contributed by atoms with Crippen LogP contribution in [0, 0.1) is 21.4 Å². The number of nitro groups is 1. The Bertz CT molecular complexity index is 604. The van der Waals surface area contributed by atoms with Crippen molar-refractivity contribution < 1.29 is 14.8 Å². The van der Waals surface area contributed by atoms with Gasteiger partial charge in [0, 0.05) is 17.8 Å². The maximum atomic E-state index is 11.0. The molecule has 1 saturated carbocycles. The van der Waals surface area contributed by atoms with Gasteiger partial charge in [-0.05, 0) is 19.3 Å². The van der Waals surface area contributed by atoms with Crippen LogP contribution in [0.3, 0.4) is 0 Å². The van der Waals surface area contributed by atoms with E-state index in [1.807, 2.05) is 0 Å². The van der Waals surface area contributed by atoms with E-state index in [-0.39, 0.29) is 23.5 Å². The summed E-state index contributed by atoms with van der Waals surface area (Å²) in [6, 6.07) is 2.91. The number of carbonyl (C=O) groups is 1. The van der Waals surface area contributed by atoms with Crippen molar-refractivity contribution in [3.05, 3.63) is 27.9 Å². The number of carboxylic acids is 1.